The maximum Gasteiger partial charge on any atom is 0.311 e. The summed E-state index contributed by atoms with van der Waals surface area (Å²) in [7, 11) is 0. The van der Waals surface area contributed by atoms with Gasteiger partial charge in [0.1, 0.15) is 23.2 Å². The summed E-state index contributed by atoms with van der Waals surface area (Å²) in [5, 5.41) is 13.7. The van der Waals surface area contributed by atoms with Gasteiger partial charge in [0, 0.05) is 17.7 Å². The maximum absolute atomic E-state index is 12.8. The summed E-state index contributed by atoms with van der Waals surface area (Å²) in [5.74, 6) is 0.354. The number of ether oxygens (including phenoxy) is 2. The zero-order valence-electron chi connectivity index (χ0n) is 18.5. The fourth-order valence-corrected chi connectivity index (χ4v) is 3.38. The summed E-state index contributed by atoms with van der Waals surface area (Å²) in [6.07, 6.45) is 0.638. The molecule has 0 heterocycles. The van der Waals surface area contributed by atoms with Gasteiger partial charge in [0.25, 0.3) is 0 Å². The highest BCUT2D eigenvalue weighted by atomic mass is 16.6. The van der Waals surface area contributed by atoms with Crippen LogP contribution in [0.5, 0.6) is 11.5 Å². The van der Waals surface area contributed by atoms with Gasteiger partial charge in [-0.1, -0.05) is 49.3 Å². The van der Waals surface area contributed by atoms with Gasteiger partial charge in [-0.15, -0.1) is 0 Å². The van der Waals surface area contributed by atoms with Gasteiger partial charge in [0.2, 0.25) is 6.10 Å². The quantitative estimate of drug-likeness (QED) is 0.328. The minimum absolute atomic E-state index is 0.102. The van der Waals surface area contributed by atoms with Crippen LogP contribution in [0.4, 0.5) is 0 Å². The van der Waals surface area contributed by atoms with Crippen LogP contribution in [-0.4, -0.2) is 17.8 Å². The molecule has 1 fully saturated rings. The zero-order chi connectivity index (χ0) is 22.6. The molecule has 0 N–H and O–H groups in total. The highest BCUT2D eigenvalue weighted by Crippen LogP contribution is 2.58. The lowest BCUT2D eigenvalue weighted by atomic mass is 10.1. The van der Waals surface area contributed by atoms with Gasteiger partial charge in [-0.3, -0.25) is 4.79 Å². The number of hydrogen-bond donors (Lipinski definition) is 0. The number of hydrogen-bond acceptors (Lipinski definition) is 6. The van der Waals surface area contributed by atoms with Crippen molar-refractivity contribution in [2.24, 2.45) is 22.4 Å². The summed E-state index contributed by atoms with van der Waals surface area (Å²) in [4.78, 5) is 18.2. The molecule has 1 aliphatic rings. The molecule has 6 heteroatoms. The summed E-state index contributed by atoms with van der Waals surface area (Å²) in [6.45, 7) is 9.66. The van der Waals surface area contributed by atoms with E-state index in [-0.39, 0.29) is 17.3 Å². The Morgan fingerprint density at radius 3 is 2.45 bits per heavy atom. The molecular weight excluding hydrogens is 392 g/mol. The van der Waals surface area contributed by atoms with Crippen LogP contribution in [-0.2, 0) is 14.4 Å². The van der Waals surface area contributed by atoms with E-state index in [2.05, 4.69) is 11.2 Å². The standard InChI is InChI=1S/C25H28N2O4/c1-24(2,3)31-27-16-20-22(25(20,4)5)23(28)30-21(15-26)17-10-9-13-19(14-17)29-18-11-7-6-8-12-18/h6-14,16,20-22H,1-5H3/t20-,21?,22-/m0/s1. The van der Waals surface area contributed by atoms with E-state index in [4.69, 9.17) is 14.3 Å². The zero-order valence-corrected chi connectivity index (χ0v) is 18.5. The number of carbonyl (C=O) groups excluding carboxylic acids is 1. The lowest BCUT2D eigenvalue weighted by molar-refractivity contribution is -0.149. The van der Waals surface area contributed by atoms with Crippen molar-refractivity contribution in [2.75, 3.05) is 0 Å². The number of carbonyl (C=O) groups is 1. The summed E-state index contributed by atoms with van der Waals surface area (Å²) in [5.41, 5.74) is -0.145. The first-order valence-corrected chi connectivity index (χ1v) is 10.3. The molecule has 1 aliphatic carbocycles. The first kappa shape index (κ1) is 22.4. The number of para-hydroxylation sites is 1. The van der Waals surface area contributed by atoms with Crippen LogP contribution in [0.3, 0.4) is 0 Å². The smallest absolute Gasteiger partial charge is 0.311 e. The lowest BCUT2D eigenvalue weighted by Gasteiger charge is -2.14. The molecule has 0 bridgehead atoms. The summed E-state index contributed by atoms with van der Waals surface area (Å²) >= 11 is 0. The Hall–Kier alpha value is -3.33. The Balaban J connectivity index is 1.67. The number of oxime groups is 1. The monoisotopic (exact) mass is 420 g/mol. The van der Waals surface area contributed by atoms with Gasteiger partial charge in [-0.25, -0.2) is 0 Å². The summed E-state index contributed by atoms with van der Waals surface area (Å²) < 4.78 is 11.4. The number of nitriles is 1. The van der Waals surface area contributed by atoms with Gasteiger partial charge in [-0.2, -0.15) is 5.26 Å². The van der Waals surface area contributed by atoms with E-state index in [0.717, 1.165) is 0 Å². The van der Waals surface area contributed by atoms with E-state index >= 15 is 0 Å². The number of nitrogens with zero attached hydrogens (tertiary/aromatic N) is 2. The van der Waals surface area contributed by atoms with Crippen molar-refractivity contribution >= 4 is 12.2 Å². The maximum atomic E-state index is 12.8. The van der Waals surface area contributed by atoms with Crippen molar-refractivity contribution in [3.63, 3.8) is 0 Å². The molecule has 1 unspecified atom stereocenters. The minimum Gasteiger partial charge on any atom is -0.457 e. The fourth-order valence-electron chi connectivity index (χ4n) is 3.38. The van der Waals surface area contributed by atoms with Crippen molar-refractivity contribution in [2.45, 2.75) is 46.3 Å². The normalized spacial score (nSPS) is 20.5. The van der Waals surface area contributed by atoms with Crippen molar-refractivity contribution in [3.05, 3.63) is 60.2 Å². The first-order valence-electron chi connectivity index (χ1n) is 10.3. The second kappa shape index (κ2) is 8.81. The SMILES string of the molecule is CC(C)(C)ON=C[C@H]1[C@@H](C(=O)OC(C#N)c2cccc(Oc3ccccc3)c2)C1(C)C. The van der Waals surface area contributed by atoms with Crippen LogP contribution in [0.15, 0.2) is 59.8 Å². The van der Waals surface area contributed by atoms with Gasteiger partial charge in [0.05, 0.1) is 5.92 Å². The van der Waals surface area contributed by atoms with E-state index in [1.54, 1.807) is 30.5 Å². The van der Waals surface area contributed by atoms with Crippen LogP contribution < -0.4 is 4.74 Å². The molecule has 0 aliphatic heterocycles. The summed E-state index contributed by atoms with van der Waals surface area (Å²) in [6, 6.07) is 18.4. The predicted octanol–water partition coefficient (Wildman–Crippen LogP) is 5.66. The molecule has 2 aromatic rings. The molecule has 31 heavy (non-hydrogen) atoms. The Labute approximate surface area is 183 Å². The molecule has 6 nitrogen and oxygen atoms in total. The van der Waals surface area contributed by atoms with Gasteiger partial charge >= 0.3 is 5.97 Å². The second-order valence-corrected chi connectivity index (χ2v) is 9.22. The van der Waals surface area contributed by atoms with Crippen LogP contribution in [0.1, 0.15) is 46.3 Å². The van der Waals surface area contributed by atoms with Crippen LogP contribution in [0.2, 0.25) is 0 Å². The molecule has 3 atom stereocenters. The Morgan fingerprint density at radius 1 is 1.13 bits per heavy atom. The van der Waals surface area contributed by atoms with Crippen LogP contribution in [0, 0.1) is 28.6 Å². The van der Waals surface area contributed by atoms with Crippen molar-refractivity contribution in [3.8, 4) is 17.6 Å². The molecule has 0 radical (unpaired) electrons. The largest absolute Gasteiger partial charge is 0.457 e. The van der Waals surface area contributed by atoms with Gasteiger partial charge in [-0.05, 0) is 50.5 Å². The fraction of sp³-hybridized carbons (Fsp3) is 0.400. The number of esters is 1. The molecule has 0 saturated heterocycles. The third-order valence-electron chi connectivity index (χ3n) is 5.20. The average Bonchev–Trinajstić information content (AvgIpc) is 3.26. The number of rotatable bonds is 7. The molecular formula is C25H28N2O4. The lowest BCUT2D eigenvalue weighted by Crippen LogP contribution is -2.16. The molecule has 0 aromatic heterocycles. The molecule has 0 amide bonds. The predicted molar refractivity (Wildman–Crippen MR) is 117 cm³/mol. The van der Waals surface area contributed by atoms with Gasteiger partial charge in [0.15, 0.2) is 0 Å². The van der Waals surface area contributed by atoms with E-state index in [9.17, 15) is 10.1 Å². The Bertz CT molecular complexity index is 987. The molecule has 0 spiro atoms. The molecule has 1 saturated carbocycles. The third-order valence-corrected chi connectivity index (χ3v) is 5.20. The van der Waals surface area contributed by atoms with E-state index < -0.39 is 17.7 Å². The van der Waals surface area contributed by atoms with Crippen LogP contribution in [0.25, 0.3) is 0 Å². The van der Waals surface area contributed by atoms with E-state index in [0.29, 0.717) is 17.1 Å². The highest BCUT2D eigenvalue weighted by Gasteiger charge is 2.62. The Morgan fingerprint density at radius 2 is 1.81 bits per heavy atom. The molecule has 3 rings (SSSR count). The van der Waals surface area contributed by atoms with E-state index in [1.165, 1.54) is 0 Å². The number of benzene rings is 2. The third kappa shape index (κ3) is 5.64. The highest BCUT2D eigenvalue weighted by molar-refractivity contribution is 5.85. The van der Waals surface area contributed by atoms with Crippen molar-refractivity contribution in [1.82, 2.24) is 0 Å². The van der Waals surface area contributed by atoms with Gasteiger partial charge < -0.3 is 14.3 Å². The van der Waals surface area contributed by atoms with E-state index in [1.807, 2.05) is 65.0 Å². The first-order chi connectivity index (χ1) is 14.6. The van der Waals surface area contributed by atoms with Crippen molar-refractivity contribution in [1.29, 1.82) is 5.26 Å². The average molecular weight is 421 g/mol. The van der Waals surface area contributed by atoms with Crippen molar-refractivity contribution < 1.29 is 19.1 Å². The molecule has 2 aromatic carbocycles. The van der Waals surface area contributed by atoms with Crippen LogP contribution >= 0.6 is 0 Å². The second-order valence-electron chi connectivity index (χ2n) is 9.22. The molecule has 162 valence electrons. The topological polar surface area (TPSA) is 80.9 Å². The Kier molecular flexibility index (Phi) is 6.35. The minimum atomic E-state index is -1.02.